The van der Waals surface area contributed by atoms with Gasteiger partial charge in [0.1, 0.15) is 0 Å². The van der Waals surface area contributed by atoms with Crippen LogP contribution in [0.15, 0.2) is 23.6 Å². The van der Waals surface area contributed by atoms with Crippen LogP contribution in [-0.4, -0.2) is 24.5 Å². The first kappa shape index (κ1) is 14.5. The van der Waals surface area contributed by atoms with Crippen molar-refractivity contribution in [1.29, 1.82) is 0 Å². The highest BCUT2D eigenvalue weighted by Gasteiger charge is 2.51. The lowest BCUT2D eigenvalue weighted by Gasteiger charge is -2.34. The van der Waals surface area contributed by atoms with Gasteiger partial charge in [0.2, 0.25) is 0 Å². The quantitative estimate of drug-likeness (QED) is 0.712. The molecule has 1 aromatic carbocycles. The highest BCUT2D eigenvalue weighted by atomic mass is 32.1. The summed E-state index contributed by atoms with van der Waals surface area (Å²) in [4.78, 5) is 2.76. The summed E-state index contributed by atoms with van der Waals surface area (Å²) in [6.07, 6.45) is 8.76. The van der Waals surface area contributed by atoms with Crippen LogP contribution in [0.4, 0.5) is 0 Å². The molecular formula is C21H27NS. The van der Waals surface area contributed by atoms with Gasteiger partial charge in [-0.05, 0) is 110 Å². The maximum Gasteiger partial charge on any atom is 0.0345 e. The van der Waals surface area contributed by atoms with Crippen molar-refractivity contribution in [1.82, 2.24) is 4.90 Å². The van der Waals surface area contributed by atoms with Gasteiger partial charge in [0.15, 0.2) is 0 Å². The summed E-state index contributed by atoms with van der Waals surface area (Å²) >= 11 is 1.89. The smallest absolute Gasteiger partial charge is 0.0345 e. The number of rotatable bonds is 3. The van der Waals surface area contributed by atoms with Crippen molar-refractivity contribution in [3.63, 3.8) is 0 Å². The minimum atomic E-state index is 0.651. The van der Waals surface area contributed by atoms with E-state index in [2.05, 4.69) is 35.4 Å². The number of fused-ring (bicyclic) bond motifs is 3. The second-order valence-electron chi connectivity index (χ2n) is 8.47. The molecule has 0 spiro atoms. The van der Waals surface area contributed by atoms with Crippen LogP contribution in [0, 0.1) is 18.3 Å². The van der Waals surface area contributed by atoms with E-state index in [9.17, 15) is 0 Å². The van der Waals surface area contributed by atoms with Crippen molar-refractivity contribution in [2.24, 2.45) is 11.3 Å². The highest BCUT2D eigenvalue weighted by molar-refractivity contribution is 7.17. The van der Waals surface area contributed by atoms with Gasteiger partial charge in [-0.3, -0.25) is 0 Å². The lowest BCUT2D eigenvalue weighted by atomic mass is 9.77. The zero-order valence-corrected chi connectivity index (χ0v) is 15.0. The van der Waals surface area contributed by atoms with E-state index in [1.807, 2.05) is 11.3 Å². The molecule has 1 saturated heterocycles. The summed E-state index contributed by atoms with van der Waals surface area (Å²) in [5, 5.41) is 3.81. The molecule has 5 rings (SSSR count). The van der Waals surface area contributed by atoms with E-state index >= 15 is 0 Å². The third kappa shape index (κ3) is 2.37. The van der Waals surface area contributed by atoms with Gasteiger partial charge < -0.3 is 4.90 Å². The highest BCUT2D eigenvalue weighted by Crippen LogP contribution is 2.61. The molecule has 0 N–H and O–H groups in total. The number of benzene rings is 1. The van der Waals surface area contributed by atoms with Crippen LogP contribution >= 0.6 is 11.3 Å². The Balaban J connectivity index is 1.41. The molecule has 2 saturated carbocycles. The SMILES string of the molecule is Cc1csc2ccc(C3CC4(CN5CCCC5)CCC3C4)cc12. The molecule has 2 heterocycles. The number of hydrogen-bond acceptors (Lipinski definition) is 2. The number of hydrogen-bond donors (Lipinski definition) is 0. The van der Waals surface area contributed by atoms with Crippen LogP contribution in [0.25, 0.3) is 10.1 Å². The van der Waals surface area contributed by atoms with Crippen LogP contribution in [-0.2, 0) is 0 Å². The largest absolute Gasteiger partial charge is 0.303 e. The van der Waals surface area contributed by atoms with Gasteiger partial charge in [-0.25, -0.2) is 0 Å². The molecule has 1 nitrogen and oxygen atoms in total. The molecule has 3 unspecified atom stereocenters. The van der Waals surface area contributed by atoms with Crippen molar-refractivity contribution in [2.75, 3.05) is 19.6 Å². The molecule has 0 radical (unpaired) electrons. The molecule has 3 atom stereocenters. The van der Waals surface area contributed by atoms with Crippen molar-refractivity contribution in [2.45, 2.75) is 51.4 Å². The lowest BCUT2D eigenvalue weighted by molar-refractivity contribution is 0.173. The van der Waals surface area contributed by atoms with Crippen molar-refractivity contribution in [3.8, 4) is 0 Å². The molecule has 1 aliphatic heterocycles. The normalized spacial score (nSPS) is 34.0. The van der Waals surface area contributed by atoms with Crippen molar-refractivity contribution in [3.05, 3.63) is 34.7 Å². The Hall–Kier alpha value is -0.860. The van der Waals surface area contributed by atoms with Crippen LogP contribution < -0.4 is 0 Å². The molecule has 2 heteroatoms. The lowest BCUT2D eigenvalue weighted by Crippen LogP contribution is -2.34. The topological polar surface area (TPSA) is 3.24 Å². The first-order valence-corrected chi connectivity index (χ1v) is 10.3. The third-order valence-corrected chi connectivity index (χ3v) is 8.02. The summed E-state index contributed by atoms with van der Waals surface area (Å²) in [7, 11) is 0. The first-order valence-electron chi connectivity index (χ1n) is 9.43. The van der Waals surface area contributed by atoms with Gasteiger partial charge in [0.05, 0.1) is 0 Å². The van der Waals surface area contributed by atoms with Gasteiger partial charge >= 0.3 is 0 Å². The molecule has 122 valence electrons. The molecular weight excluding hydrogens is 298 g/mol. The fourth-order valence-corrected chi connectivity index (χ4v) is 6.76. The predicted molar refractivity (Wildman–Crippen MR) is 99.4 cm³/mol. The minimum Gasteiger partial charge on any atom is -0.303 e. The van der Waals surface area contributed by atoms with Crippen molar-refractivity contribution < 1.29 is 0 Å². The minimum absolute atomic E-state index is 0.651. The van der Waals surface area contributed by atoms with Crippen molar-refractivity contribution >= 4 is 21.4 Å². The number of thiophene rings is 1. The standard InChI is InChI=1S/C21H27NS/c1-15-13-23-20-5-4-16(10-18(15)20)19-12-21(7-6-17(19)11-21)14-22-8-2-3-9-22/h4-5,10,13,17,19H,2-3,6-9,11-12,14H2,1H3. The van der Waals surface area contributed by atoms with Gasteiger partial charge in [-0.2, -0.15) is 0 Å². The fraction of sp³-hybridized carbons (Fsp3) is 0.619. The van der Waals surface area contributed by atoms with Gasteiger partial charge in [-0.15, -0.1) is 11.3 Å². The second-order valence-corrected chi connectivity index (χ2v) is 9.38. The third-order valence-electron chi connectivity index (χ3n) is 6.94. The van der Waals surface area contributed by atoms with Gasteiger partial charge in [0.25, 0.3) is 0 Å². The molecule has 1 aromatic heterocycles. The molecule has 3 aliphatic rings. The van der Waals surface area contributed by atoms with Gasteiger partial charge in [0, 0.05) is 11.2 Å². The number of nitrogens with zero attached hydrogens (tertiary/aromatic N) is 1. The Morgan fingerprint density at radius 1 is 1.22 bits per heavy atom. The average Bonchev–Trinajstić information content (AvgIpc) is 3.32. The molecule has 2 bridgehead atoms. The first-order chi connectivity index (χ1) is 11.2. The monoisotopic (exact) mass is 325 g/mol. The summed E-state index contributed by atoms with van der Waals surface area (Å²) in [5.74, 6) is 1.78. The Kier molecular flexibility index (Phi) is 3.35. The van der Waals surface area contributed by atoms with E-state index < -0.39 is 0 Å². The van der Waals surface area contributed by atoms with Crippen LogP contribution in [0.3, 0.4) is 0 Å². The maximum atomic E-state index is 2.76. The maximum absolute atomic E-state index is 2.76. The Labute approximate surface area is 143 Å². The zero-order valence-electron chi connectivity index (χ0n) is 14.2. The van der Waals surface area contributed by atoms with Crippen LogP contribution in [0.5, 0.6) is 0 Å². The molecule has 2 aliphatic carbocycles. The summed E-state index contributed by atoms with van der Waals surface area (Å²) in [5.41, 5.74) is 3.74. The average molecular weight is 326 g/mol. The van der Waals surface area contributed by atoms with E-state index in [0.717, 1.165) is 11.8 Å². The van der Waals surface area contributed by atoms with E-state index in [4.69, 9.17) is 0 Å². The van der Waals surface area contributed by atoms with Gasteiger partial charge in [-0.1, -0.05) is 6.07 Å². The van der Waals surface area contributed by atoms with E-state index in [-0.39, 0.29) is 0 Å². The van der Waals surface area contributed by atoms with E-state index in [0.29, 0.717) is 5.41 Å². The fourth-order valence-electron chi connectivity index (χ4n) is 5.83. The Bertz CT molecular complexity index is 727. The molecule has 2 aromatic rings. The summed E-state index contributed by atoms with van der Waals surface area (Å²) in [6, 6.07) is 7.34. The number of likely N-dealkylation sites (tertiary alicyclic amines) is 1. The van der Waals surface area contributed by atoms with Crippen LogP contribution in [0.2, 0.25) is 0 Å². The van der Waals surface area contributed by atoms with Crippen LogP contribution in [0.1, 0.15) is 55.6 Å². The molecule has 23 heavy (non-hydrogen) atoms. The zero-order chi connectivity index (χ0) is 15.4. The number of aryl methyl sites for hydroxylation is 1. The molecule has 0 amide bonds. The summed E-state index contributed by atoms with van der Waals surface area (Å²) in [6.45, 7) is 6.37. The Morgan fingerprint density at radius 3 is 2.96 bits per heavy atom. The van der Waals surface area contributed by atoms with E-state index in [1.165, 1.54) is 73.8 Å². The Morgan fingerprint density at radius 2 is 2.09 bits per heavy atom. The van der Waals surface area contributed by atoms with E-state index in [1.54, 1.807) is 5.56 Å². The predicted octanol–water partition coefficient (Wildman–Crippen LogP) is 5.58. The summed E-state index contributed by atoms with van der Waals surface area (Å²) < 4.78 is 1.46. The second kappa shape index (κ2) is 5.32. The molecule has 3 fully saturated rings.